The second kappa shape index (κ2) is 6.23. The molecule has 110 valence electrons. The first-order valence-electron chi connectivity index (χ1n) is 6.07. The third kappa shape index (κ3) is 4.42. The van der Waals surface area contributed by atoms with E-state index in [0.29, 0.717) is 12.1 Å². The Kier molecular flexibility index (Phi) is 4.90. The van der Waals surface area contributed by atoms with Gasteiger partial charge in [-0.25, -0.2) is 0 Å². The number of carboxylic acid groups (broad SMARTS) is 1. The summed E-state index contributed by atoms with van der Waals surface area (Å²) in [6.45, 7) is 3.73. The normalized spacial score (nSPS) is 10.9. The predicted octanol–water partition coefficient (Wildman–Crippen LogP) is 2.66. The zero-order valence-electron chi connectivity index (χ0n) is 11.7. The summed E-state index contributed by atoms with van der Waals surface area (Å²) < 4.78 is 4.98. The van der Waals surface area contributed by atoms with Crippen molar-refractivity contribution >= 4 is 17.3 Å². The molecular formula is C13H18N2O5. The summed E-state index contributed by atoms with van der Waals surface area (Å²) in [6, 6.07) is 4.46. The van der Waals surface area contributed by atoms with E-state index in [9.17, 15) is 14.9 Å². The average molecular weight is 282 g/mol. The van der Waals surface area contributed by atoms with Gasteiger partial charge in [-0.2, -0.15) is 0 Å². The number of nitrogens with zero attached hydrogens (tertiary/aromatic N) is 1. The van der Waals surface area contributed by atoms with Gasteiger partial charge < -0.3 is 15.2 Å². The fourth-order valence-electron chi connectivity index (χ4n) is 1.78. The van der Waals surface area contributed by atoms with Crippen molar-refractivity contribution in [2.24, 2.45) is 0 Å². The molecule has 7 nitrogen and oxygen atoms in total. The number of carboxylic acids is 1. The van der Waals surface area contributed by atoms with Crippen molar-refractivity contribution < 1.29 is 19.6 Å². The number of hydrogen-bond acceptors (Lipinski definition) is 5. The first kappa shape index (κ1) is 15.7. The molecule has 0 aliphatic heterocycles. The van der Waals surface area contributed by atoms with Crippen molar-refractivity contribution in [1.29, 1.82) is 0 Å². The minimum atomic E-state index is -0.860. The molecule has 20 heavy (non-hydrogen) atoms. The Labute approximate surface area is 116 Å². The minimum Gasteiger partial charge on any atom is -0.490 e. The van der Waals surface area contributed by atoms with Crippen LogP contribution in [0.1, 0.15) is 26.7 Å². The Hall–Kier alpha value is -2.31. The molecule has 0 heterocycles. The maximum absolute atomic E-state index is 10.8. The van der Waals surface area contributed by atoms with Crippen LogP contribution in [0.4, 0.5) is 11.4 Å². The monoisotopic (exact) mass is 282 g/mol. The summed E-state index contributed by atoms with van der Waals surface area (Å²) in [4.78, 5) is 20.9. The molecule has 0 radical (unpaired) electrons. The van der Waals surface area contributed by atoms with E-state index in [4.69, 9.17) is 9.84 Å². The van der Waals surface area contributed by atoms with Crippen molar-refractivity contribution in [3.05, 3.63) is 28.3 Å². The summed E-state index contributed by atoms with van der Waals surface area (Å²) in [5.41, 5.74) is 0.0868. The number of anilines is 1. The quantitative estimate of drug-likeness (QED) is 0.589. The Balaban J connectivity index is 2.87. The highest BCUT2D eigenvalue weighted by Crippen LogP contribution is 2.31. The van der Waals surface area contributed by atoms with Crippen LogP contribution >= 0.6 is 0 Å². The molecule has 0 unspecified atom stereocenters. The zero-order valence-corrected chi connectivity index (χ0v) is 11.7. The van der Waals surface area contributed by atoms with Crippen LogP contribution in [0.15, 0.2) is 18.2 Å². The molecule has 0 aromatic heterocycles. The first-order valence-corrected chi connectivity index (χ1v) is 6.07. The van der Waals surface area contributed by atoms with Gasteiger partial charge in [-0.3, -0.25) is 14.9 Å². The van der Waals surface area contributed by atoms with E-state index in [0.717, 1.165) is 0 Å². The van der Waals surface area contributed by atoms with Gasteiger partial charge in [-0.15, -0.1) is 0 Å². The molecule has 0 saturated carbocycles. The van der Waals surface area contributed by atoms with Gasteiger partial charge in [0.15, 0.2) is 5.75 Å². The number of nitrogens with one attached hydrogen (secondary N) is 1. The highest BCUT2D eigenvalue weighted by atomic mass is 16.6. The highest BCUT2D eigenvalue weighted by molar-refractivity contribution is 5.67. The molecule has 7 heteroatoms. The molecule has 0 aliphatic rings. The topological polar surface area (TPSA) is 102 Å². The van der Waals surface area contributed by atoms with Crippen molar-refractivity contribution in [3.8, 4) is 5.75 Å². The number of aliphatic carboxylic acids is 1. The van der Waals surface area contributed by atoms with Gasteiger partial charge >= 0.3 is 11.7 Å². The Morgan fingerprint density at radius 2 is 2.15 bits per heavy atom. The van der Waals surface area contributed by atoms with Gasteiger partial charge in [0.2, 0.25) is 0 Å². The summed E-state index contributed by atoms with van der Waals surface area (Å²) in [5, 5.41) is 22.6. The second-order valence-electron chi connectivity index (χ2n) is 5.05. The minimum absolute atomic E-state index is 0.0458. The number of nitro benzene ring substituents is 1. The summed E-state index contributed by atoms with van der Waals surface area (Å²) in [6.07, 6.45) is 0.478. The van der Waals surface area contributed by atoms with Crippen LogP contribution in [-0.2, 0) is 4.79 Å². The third-order valence-electron chi connectivity index (χ3n) is 2.82. The maximum atomic E-state index is 10.8. The molecular weight excluding hydrogens is 264 g/mol. The summed E-state index contributed by atoms with van der Waals surface area (Å²) in [5.74, 6) is -0.699. The van der Waals surface area contributed by atoms with Gasteiger partial charge in [-0.05, 0) is 26.3 Å². The number of carbonyl (C=O) groups is 1. The molecule has 0 atom stereocenters. The molecule has 2 N–H and O–H groups in total. The number of benzene rings is 1. The number of rotatable bonds is 7. The van der Waals surface area contributed by atoms with Crippen LogP contribution in [0, 0.1) is 10.1 Å². The fourth-order valence-corrected chi connectivity index (χ4v) is 1.78. The molecule has 0 spiro atoms. The third-order valence-corrected chi connectivity index (χ3v) is 2.82. The average Bonchev–Trinajstić information content (AvgIpc) is 2.35. The molecule has 0 amide bonds. The standard InChI is InChI=1S/C13H18N2O5/c1-13(2,7-6-12(16)17)14-9-4-5-10(15(18)19)11(8-9)20-3/h4-5,8,14H,6-7H2,1-3H3,(H,16,17). The van der Waals surface area contributed by atoms with Gasteiger partial charge in [-0.1, -0.05) is 0 Å². The molecule has 0 saturated heterocycles. The Morgan fingerprint density at radius 1 is 1.50 bits per heavy atom. The van der Waals surface area contributed by atoms with Crippen molar-refractivity contribution in [2.45, 2.75) is 32.2 Å². The van der Waals surface area contributed by atoms with Crippen LogP contribution < -0.4 is 10.1 Å². The number of methoxy groups -OCH3 is 1. The molecule has 1 rings (SSSR count). The maximum Gasteiger partial charge on any atom is 0.311 e. The van der Waals surface area contributed by atoms with Gasteiger partial charge in [0.1, 0.15) is 0 Å². The largest absolute Gasteiger partial charge is 0.490 e. The van der Waals surface area contributed by atoms with E-state index >= 15 is 0 Å². The van der Waals surface area contributed by atoms with Gasteiger partial charge in [0.05, 0.1) is 12.0 Å². The molecule has 1 aromatic rings. The van der Waals surface area contributed by atoms with Crippen molar-refractivity contribution in [3.63, 3.8) is 0 Å². The van der Waals surface area contributed by atoms with Crippen LogP contribution in [0.3, 0.4) is 0 Å². The van der Waals surface area contributed by atoms with E-state index in [1.54, 1.807) is 6.07 Å². The predicted molar refractivity (Wildman–Crippen MR) is 74.2 cm³/mol. The SMILES string of the molecule is COc1cc(NC(C)(C)CCC(=O)O)ccc1[N+](=O)[O-]. The molecule has 1 aromatic carbocycles. The second-order valence-corrected chi connectivity index (χ2v) is 5.05. The number of nitro groups is 1. The number of hydrogen-bond donors (Lipinski definition) is 2. The highest BCUT2D eigenvalue weighted by Gasteiger charge is 2.21. The lowest BCUT2D eigenvalue weighted by Gasteiger charge is -2.27. The van der Waals surface area contributed by atoms with Crippen molar-refractivity contribution in [1.82, 2.24) is 0 Å². The van der Waals surface area contributed by atoms with Crippen molar-refractivity contribution in [2.75, 3.05) is 12.4 Å². The van der Waals surface area contributed by atoms with E-state index < -0.39 is 16.4 Å². The Bertz CT molecular complexity index is 513. The van der Waals surface area contributed by atoms with Crippen LogP contribution in [0.25, 0.3) is 0 Å². The van der Waals surface area contributed by atoms with E-state index in [1.807, 2.05) is 13.8 Å². The molecule has 0 bridgehead atoms. The van der Waals surface area contributed by atoms with Gasteiger partial charge in [0, 0.05) is 29.8 Å². The van der Waals surface area contributed by atoms with Crippen LogP contribution in [0.2, 0.25) is 0 Å². The van der Waals surface area contributed by atoms with Gasteiger partial charge in [0.25, 0.3) is 0 Å². The summed E-state index contributed by atoms with van der Waals surface area (Å²) >= 11 is 0. The molecule has 0 fully saturated rings. The Morgan fingerprint density at radius 3 is 2.65 bits per heavy atom. The summed E-state index contributed by atoms with van der Waals surface area (Å²) in [7, 11) is 1.36. The van der Waals surface area contributed by atoms with Crippen LogP contribution in [-0.4, -0.2) is 28.6 Å². The zero-order chi connectivity index (χ0) is 15.3. The van der Waals surface area contributed by atoms with E-state index in [1.165, 1.54) is 19.2 Å². The first-order chi connectivity index (χ1) is 9.25. The lowest BCUT2D eigenvalue weighted by molar-refractivity contribution is -0.385. The van der Waals surface area contributed by atoms with E-state index in [2.05, 4.69) is 5.32 Å². The smallest absolute Gasteiger partial charge is 0.311 e. The lowest BCUT2D eigenvalue weighted by atomic mass is 9.98. The van der Waals surface area contributed by atoms with E-state index in [-0.39, 0.29) is 17.9 Å². The number of ether oxygens (including phenoxy) is 1. The lowest BCUT2D eigenvalue weighted by Crippen LogP contribution is -2.31. The fraction of sp³-hybridized carbons (Fsp3) is 0.462. The molecule has 0 aliphatic carbocycles. The van der Waals surface area contributed by atoms with Crippen LogP contribution in [0.5, 0.6) is 5.75 Å².